The van der Waals surface area contributed by atoms with Gasteiger partial charge in [0.1, 0.15) is 6.07 Å². The fraction of sp³-hybridized carbons (Fsp3) is 0.158. The van der Waals surface area contributed by atoms with Gasteiger partial charge in [-0.25, -0.2) is 4.98 Å². The number of ether oxygens (including phenoxy) is 1. The van der Waals surface area contributed by atoms with E-state index in [-0.39, 0.29) is 17.9 Å². The Kier molecular flexibility index (Phi) is 4.77. The van der Waals surface area contributed by atoms with Crippen LogP contribution < -0.4 is 4.74 Å². The third-order valence-corrected chi connectivity index (χ3v) is 4.03. The fourth-order valence-corrected chi connectivity index (χ4v) is 2.80. The third-order valence-electron chi connectivity index (χ3n) is 4.03. The van der Waals surface area contributed by atoms with E-state index in [0.29, 0.717) is 11.4 Å². The van der Waals surface area contributed by atoms with E-state index in [9.17, 15) is 20.5 Å². The fourth-order valence-electron chi connectivity index (χ4n) is 2.80. The number of para-hydroxylation sites is 2. The average Bonchev–Trinajstić information content (AvgIpc) is 2.99. The van der Waals surface area contributed by atoms with Gasteiger partial charge in [0.15, 0.2) is 11.6 Å². The molecule has 8 heteroatoms. The highest BCUT2D eigenvalue weighted by molar-refractivity contribution is 5.91. The summed E-state index contributed by atoms with van der Waals surface area (Å²) in [5.41, 5.74) is 1.69. The summed E-state index contributed by atoms with van der Waals surface area (Å²) in [6, 6.07) is 12.2. The summed E-state index contributed by atoms with van der Waals surface area (Å²) in [5, 5.41) is 30.8. The quantitative estimate of drug-likeness (QED) is 0.420. The first-order valence-electron chi connectivity index (χ1n) is 8.14. The van der Waals surface area contributed by atoms with E-state index in [1.165, 1.54) is 18.2 Å². The summed E-state index contributed by atoms with van der Waals surface area (Å²) in [7, 11) is 1.79. The number of aromatic hydroxyl groups is 1. The zero-order chi connectivity index (χ0) is 19.6. The number of benzene rings is 2. The second-order valence-electron chi connectivity index (χ2n) is 5.73. The van der Waals surface area contributed by atoms with Crippen LogP contribution in [-0.4, -0.2) is 26.2 Å². The first kappa shape index (κ1) is 17.9. The van der Waals surface area contributed by atoms with Gasteiger partial charge < -0.3 is 14.4 Å². The van der Waals surface area contributed by atoms with Crippen LogP contribution in [0, 0.1) is 21.4 Å². The van der Waals surface area contributed by atoms with Crippen molar-refractivity contribution in [1.82, 2.24) is 9.55 Å². The Balaban J connectivity index is 2.17. The summed E-state index contributed by atoms with van der Waals surface area (Å²) >= 11 is 0. The van der Waals surface area contributed by atoms with Crippen molar-refractivity contribution < 1.29 is 14.8 Å². The van der Waals surface area contributed by atoms with Crippen molar-refractivity contribution in [2.75, 3.05) is 6.61 Å². The molecule has 0 radical (unpaired) electrons. The maximum Gasteiger partial charge on any atom is 0.315 e. The topological polar surface area (TPSA) is 114 Å². The zero-order valence-electron chi connectivity index (χ0n) is 14.7. The molecule has 3 aromatic rings. The number of phenols is 1. The van der Waals surface area contributed by atoms with Crippen molar-refractivity contribution in [2.45, 2.75) is 6.92 Å². The largest absolute Gasteiger partial charge is 0.500 e. The molecule has 0 spiro atoms. The number of nitro groups is 1. The van der Waals surface area contributed by atoms with Crippen LogP contribution in [-0.2, 0) is 7.05 Å². The predicted octanol–water partition coefficient (Wildman–Crippen LogP) is 3.65. The van der Waals surface area contributed by atoms with Gasteiger partial charge in [-0.15, -0.1) is 0 Å². The van der Waals surface area contributed by atoms with Crippen LogP contribution >= 0.6 is 0 Å². The molecule has 0 aliphatic rings. The third kappa shape index (κ3) is 3.30. The number of phenolic OH excluding ortho intramolecular Hbond substituents is 1. The molecule has 8 nitrogen and oxygen atoms in total. The van der Waals surface area contributed by atoms with Crippen molar-refractivity contribution in [2.24, 2.45) is 7.05 Å². The van der Waals surface area contributed by atoms with Crippen molar-refractivity contribution in [3.63, 3.8) is 0 Å². The Morgan fingerprint density at radius 1 is 1.44 bits per heavy atom. The number of nitriles is 1. The van der Waals surface area contributed by atoms with E-state index in [1.807, 2.05) is 24.3 Å². The SMILES string of the molecule is CCOc1cc(/C=C(\C#N)c2nc3ccccc3n2C)cc([N+](=O)[O-])c1O. The van der Waals surface area contributed by atoms with E-state index < -0.39 is 16.4 Å². The highest BCUT2D eigenvalue weighted by Crippen LogP contribution is 2.38. The molecule has 0 unspecified atom stereocenters. The van der Waals surface area contributed by atoms with E-state index in [0.717, 1.165) is 11.0 Å². The Bertz CT molecular complexity index is 1110. The molecule has 0 atom stereocenters. The first-order chi connectivity index (χ1) is 13.0. The molecule has 136 valence electrons. The Hall–Kier alpha value is -3.86. The van der Waals surface area contributed by atoms with Crippen LogP contribution in [0.4, 0.5) is 5.69 Å². The number of imidazole rings is 1. The monoisotopic (exact) mass is 364 g/mol. The molecule has 3 rings (SSSR count). The summed E-state index contributed by atoms with van der Waals surface area (Å²) < 4.78 is 7.05. The number of allylic oxidation sites excluding steroid dienone is 1. The molecule has 0 bridgehead atoms. The molecular weight excluding hydrogens is 348 g/mol. The second-order valence-corrected chi connectivity index (χ2v) is 5.73. The molecule has 0 saturated carbocycles. The highest BCUT2D eigenvalue weighted by Gasteiger charge is 2.20. The van der Waals surface area contributed by atoms with Gasteiger partial charge in [-0.2, -0.15) is 5.26 Å². The van der Waals surface area contributed by atoms with Crippen LogP contribution in [0.25, 0.3) is 22.7 Å². The van der Waals surface area contributed by atoms with Gasteiger partial charge in [0.05, 0.1) is 28.1 Å². The number of nitro benzene ring substituents is 1. The number of aromatic nitrogens is 2. The van der Waals surface area contributed by atoms with Gasteiger partial charge in [-0.1, -0.05) is 12.1 Å². The minimum Gasteiger partial charge on any atom is -0.500 e. The lowest BCUT2D eigenvalue weighted by Crippen LogP contribution is -1.98. The van der Waals surface area contributed by atoms with Crippen molar-refractivity contribution in [3.8, 4) is 17.6 Å². The molecule has 0 amide bonds. The van der Waals surface area contributed by atoms with Gasteiger partial charge in [0.25, 0.3) is 0 Å². The maximum absolute atomic E-state index is 11.2. The van der Waals surface area contributed by atoms with E-state index in [4.69, 9.17) is 4.74 Å². The lowest BCUT2D eigenvalue weighted by atomic mass is 10.1. The molecule has 1 aromatic heterocycles. The molecular formula is C19H16N4O4. The summed E-state index contributed by atoms with van der Waals surface area (Å²) in [4.78, 5) is 15.0. The van der Waals surface area contributed by atoms with Gasteiger partial charge in [-0.3, -0.25) is 10.1 Å². The van der Waals surface area contributed by atoms with Crippen LogP contribution in [0.1, 0.15) is 18.3 Å². The van der Waals surface area contributed by atoms with Gasteiger partial charge in [0.2, 0.25) is 5.75 Å². The summed E-state index contributed by atoms with van der Waals surface area (Å²) in [6.45, 7) is 1.93. The molecule has 0 fully saturated rings. The molecule has 0 aliphatic heterocycles. The number of hydrogen-bond donors (Lipinski definition) is 1. The molecule has 1 heterocycles. The molecule has 27 heavy (non-hydrogen) atoms. The number of fused-ring (bicyclic) bond motifs is 1. The lowest BCUT2D eigenvalue weighted by molar-refractivity contribution is -0.386. The molecule has 1 N–H and O–H groups in total. The number of aryl methyl sites for hydroxylation is 1. The van der Waals surface area contributed by atoms with Crippen molar-refractivity contribution in [1.29, 1.82) is 5.26 Å². The van der Waals surface area contributed by atoms with E-state index in [1.54, 1.807) is 18.5 Å². The van der Waals surface area contributed by atoms with Crippen molar-refractivity contribution in [3.05, 3.63) is 57.9 Å². The summed E-state index contributed by atoms with van der Waals surface area (Å²) in [6.07, 6.45) is 1.48. The van der Waals surface area contributed by atoms with Crippen LogP contribution in [0.15, 0.2) is 36.4 Å². The van der Waals surface area contributed by atoms with Crippen LogP contribution in [0.2, 0.25) is 0 Å². The van der Waals surface area contributed by atoms with Crippen molar-refractivity contribution >= 4 is 28.4 Å². The van der Waals surface area contributed by atoms with E-state index >= 15 is 0 Å². The van der Waals surface area contributed by atoms with Crippen LogP contribution in [0.5, 0.6) is 11.5 Å². The van der Waals surface area contributed by atoms with E-state index in [2.05, 4.69) is 11.1 Å². The van der Waals surface area contributed by atoms with Gasteiger partial charge >= 0.3 is 5.69 Å². The smallest absolute Gasteiger partial charge is 0.315 e. The normalized spacial score (nSPS) is 11.4. The second kappa shape index (κ2) is 7.17. The number of hydrogen-bond acceptors (Lipinski definition) is 6. The zero-order valence-corrected chi connectivity index (χ0v) is 14.7. The predicted molar refractivity (Wildman–Crippen MR) is 100 cm³/mol. The molecule has 0 saturated heterocycles. The van der Waals surface area contributed by atoms with Gasteiger partial charge in [-0.05, 0) is 36.8 Å². The number of rotatable bonds is 5. The molecule has 2 aromatic carbocycles. The van der Waals surface area contributed by atoms with Gasteiger partial charge in [0, 0.05) is 13.1 Å². The molecule has 0 aliphatic carbocycles. The Morgan fingerprint density at radius 3 is 2.81 bits per heavy atom. The Labute approximate surface area is 154 Å². The first-order valence-corrected chi connectivity index (χ1v) is 8.14. The highest BCUT2D eigenvalue weighted by atomic mass is 16.6. The lowest BCUT2D eigenvalue weighted by Gasteiger charge is -2.08. The standard InChI is InChI=1S/C19H16N4O4/c1-3-27-17-10-12(9-16(18(17)24)23(25)26)8-13(11-20)19-21-14-6-4-5-7-15(14)22(19)2/h4-10,24H,3H2,1-2H3/b13-8+. The Morgan fingerprint density at radius 2 is 2.19 bits per heavy atom. The van der Waals surface area contributed by atoms with Crippen LogP contribution in [0.3, 0.4) is 0 Å². The maximum atomic E-state index is 11.2. The summed E-state index contributed by atoms with van der Waals surface area (Å²) in [5.74, 6) is -0.118. The average molecular weight is 364 g/mol. The minimum absolute atomic E-state index is 0.0137. The minimum atomic E-state index is -0.698. The number of nitrogens with zero attached hydrogens (tertiary/aromatic N) is 4.